The van der Waals surface area contributed by atoms with E-state index < -0.39 is 0 Å². The Morgan fingerprint density at radius 2 is 2.00 bits per heavy atom. The van der Waals surface area contributed by atoms with Gasteiger partial charge >= 0.3 is 0 Å². The fraction of sp³-hybridized carbons (Fsp3) is 0.133. The normalized spacial score (nSPS) is 11.2. The van der Waals surface area contributed by atoms with E-state index in [1.807, 2.05) is 24.3 Å². The first kappa shape index (κ1) is 12.8. The van der Waals surface area contributed by atoms with Crippen molar-refractivity contribution in [1.29, 1.82) is 0 Å². The van der Waals surface area contributed by atoms with Gasteiger partial charge < -0.3 is 15.8 Å². The Morgan fingerprint density at radius 3 is 2.65 bits per heavy atom. The molecular formula is C15H13ClN2O2. The van der Waals surface area contributed by atoms with Crippen LogP contribution in [0.15, 0.2) is 24.3 Å². The van der Waals surface area contributed by atoms with E-state index in [9.17, 15) is 4.79 Å². The van der Waals surface area contributed by atoms with Crippen molar-refractivity contribution < 1.29 is 9.53 Å². The Bertz CT molecular complexity index is 741. The summed E-state index contributed by atoms with van der Waals surface area (Å²) in [5.74, 6) is 0.548. The first-order chi connectivity index (χ1) is 9.52. The molecule has 2 aromatic rings. The topological polar surface area (TPSA) is 64.3 Å². The van der Waals surface area contributed by atoms with Crippen molar-refractivity contribution in [3.8, 4) is 28.0 Å². The van der Waals surface area contributed by atoms with Crippen molar-refractivity contribution in [2.45, 2.75) is 6.92 Å². The highest BCUT2D eigenvalue weighted by atomic mass is 35.5. The lowest BCUT2D eigenvalue weighted by Crippen LogP contribution is -2.08. The summed E-state index contributed by atoms with van der Waals surface area (Å²) in [5, 5.41) is 3.43. The molecule has 4 bridgehead atoms. The van der Waals surface area contributed by atoms with Crippen molar-refractivity contribution in [2.75, 3.05) is 18.2 Å². The summed E-state index contributed by atoms with van der Waals surface area (Å²) in [6, 6.07) is 7.36. The zero-order chi connectivity index (χ0) is 14.4. The average molecular weight is 289 g/mol. The molecule has 0 aliphatic heterocycles. The molecule has 1 amide bonds. The van der Waals surface area contributed by atoms with Crippen LogP contribution in [-0.4, -0.2) is 13.0 Å². The SMILES string of the molecule is COc1cc2c(Cl)cc1-c1ccc(N)c-2c1NC(C)=O. The van der Waals surface area contributed by atoms with Crippen LogP contribution >= 0.6 is 11.6 Å². The number of anilines is 2. The van der Waals surface area contributed by atoms with E-state index in [0.717, 1.165) is 22.3 Å². The van der Waals surface area contributed by atoms with Gasteiger partial charge in [0.2, 0.25) is 5.91 Å². The average Bonchev–Trinajstić information content (AvgIpc) is 2.51. The zero-order valence-corrected chi connectivity index (χ0v) is 11.8. The Kier molecular flexibility index (Phi) is 2.83. The summed E-state index contributed by atoms with van der Waals surface area (Å²) in [6.07, 6.45) is 0. The predicted molar refractivity (Wildman–Crippen MR) is 81.2 cm³/mol. The maximum Gasteiger partial charge on any atom is 0.221 e. The molecule has 2 aliphatic carbocycles. The predicted octanol–water partition coefficient (Wildman–Crippen LogP) is 3.54. The van der Waals surface area contributed by atoms with Crippen molar-refractivity contribution in [2.24, 2.45) is 0 Å². The van der Waals surface area contributed by atoms with Crippen molar-refractivity contribution >= 4 is 28.9 Å². The van der Waals surface area contributed by atoms with Crippen molar-refractivity contribution in [3.05, 3.63) is 29.3 Å². The third kappa shape index (κ3) is 1.72. The van der Waals surface area contributed by atoms with Crippen LogP contribution in [0.4, 0.5) is 11.4 Å². The van der Waals surface area contributed by atoms with E-state index in [4.69, 9.17) is 22.1 Å². The first-order valence-corrected chi connectivity index (χ1v) is 6.49. The zero-order valence-electron chi connectivity index (χ0n) is 11.1. The maximum atomic E-state index is 11.5. The number of methoxy groups -OCH3 is 1. The van der Waals surface area contributed by atoms with Crippen LogP contribution < -0.4 is 15.8 Å². The van der Waals surface area contributed by atoms with Gasteiger partial charge in [0.15, 0.2) is 0 Å². The number of halogens is 1. The third-order valence-corrected chi connectivity index (χ3v) is 3.70. The number of amides is 1. The molecule has 4 rings (SSSR count). The monoisotopic (exact) mass is 288 g/mol. The Labute approximate surface area is 121 Å². The number of carbonyl (C=O) groups is 1. The summed E-state index contributed by atoms with van der Waals surface area (Å²) >= 11 is 6.32. The van der Waals surface area contributed by atoms with Gasteiger partial charge in [-0.15, -0.1) is 0 Å². The fourth-order valence-corrected chi connectivity index (χ4v) is 2.82. The van der Waals surface area contributed by atoms with E-state index in [1.54, 1.807) is 7.11 Å². The first-order valence-electron chi connectivity index (χ1n) is 6.11. The Balaban J connectivity index is 2.42. The summed E-state index contributed by atoms with van der Waals surface area (Å²) in [7, 11) is 1.60. The van der Waals surface area contributed by atoms with Gasteiger partial charge in [-0.1, -0.05) is 17.7 Å². The number of benzene rings is 2. The van der Waals surface area contributed by atoms with Gasteiger partial charge in [0, 0.05) is 39.9 Å². The molecule has 0 fully saturated rings. The molecule has 4 nitrogen and oxygen atoms in total. The highest BCUT2D eigenvalue weighted by Gasteiger charge is 2.25. The van der Waals surface area contributed by atoms with Crippen LogP contribution in [0.5, 0.6) is 5.75 Å². The van der Waals surface area contributed by atoms with Crippen LogP contribution in [0.3, 0.4) is 0 Å². The Morgan fingerprint density at radius 1 is 1.25 bits per heavy atom. The highest BCUT2D eigenvalue weighted by molar-refractivity contribution is 6.35. The summed E-state index contributed by atoms with van der Waals surface area (Å²) in [4.78, 5) is 11.5. The standard InChI is InChI=1S/C15H13ClN2O2/c1-7(19)18-15-8-3-4-12(17)14(15)10-6-13(20-2)9(8)5-11(10)16/h3-6H,17H2,1-2H3,(H,18,19). The minimum Gasteiger partial charge on any atom is -0.496 e. The van der Waals surface area contributed by atoms with Crippen LogP contribution in [0.1, 0.15) is 6.92 Å². The molecule has 0 aromatic heterocycles. The largest absolute Gasteiger partial charge is 0.496 e. The molecule has 20 heavy (non-hydrogen) atoms. The molecular weight excluding hydrogens is 276 g/mol. The molecule has 0 radical (unpaired) electrons. The number of hydrogen-bond acceptors (Lipinski definition) is 3. The fourth-order valence-electron chi connectivity index (χ4n) is 2.56. The molecule has 2 aliphatic rings. The van der Waals surface area contributed by atoms with Gasteiger partial charge in [-0.3, -0.25) is 4.79 Å². The number of carbonyl (C=O) groups excluding carboxylic acids is 1. The maximum absolute atomic E-state index is 11.5. The molecule has 0 saturated carbocycles. The van der Waals surface area contributed by atoms with E-state index in [0.29, 0.717) is 22.1 Å². The summed E-state index contributed by atoms with van der Waals surface area (Å²) in [5.41, 5.74) is 10.5. The van der Waals surface area contributed by atoms with Crippen LogP contribution in [0, 0.1) is 0 Å². The Hall–Kier alpha value is -2.20. The summed E-state index contributed by atoms with van der Waals surface area (Å²) in [6.45, 7) is 1.46. The van der Waals surface area contributed by atoms with Gasteiger partial charge in [0.05, 0.1) is 12.8 Å². The minimum absolute atomic E-state index is 0.157. The number of nitrogens with one attached hydrogen (secondary N) is 1. The quantitative estimate of drug-likeness (QED) is 0.709. The van der Waals surface area contributed by atoms with E-state index >= 15 is 0 Å². The van der Waals surface area contributed by atoms with Crippen LogP contribution in [-0.2, 0) is 4.79 Å². The number of rotatable bonds is 2. The van der Waals surface area contributed by atoms with Gasteiger partial charge in [0.25, 0.3) is 0 Å². The minimum atomic E-state index is -0.157. The second-order valence-corrected chi connectivity index (χ2v) is 5.07. The molecule has 0 atom stereocenters. The van der Waals surface area contributed by atoms with E-state index in [1.165, 1.54) is 6.92 Å². The van der Waals surface area contributed by atoms with Gasteiger partial charge in [-0.2, -0.15) is 0 Å². The van der Waals surface area contributed by atoms with Gasteiger partial charge in [0.1, 0.15) is 5.75 Å². The second kappa shape index (κ2) is 4.42. The molecule has 0 saturated heterocycles. The number of ether oxygens (including phenoxy) is 1. The van der Waals surface area contributed by atoms with Crippen molar-refractivity contribution in [3.63, 3.8) is 0 Å². The lowest BCUT2D eigenvalue weighted by molar-refractivity contribution is -0.114. The van der Waals surface area contributed by atoms with Crippen LogP contribution in [0.2, 0.25) is 5.02 Å². The number of fused-ring (bicyclic) bond motifs is 2. The highest BCUT2D eigenvalue weighted by Crippen LogP contribution is 2.51. The van der Waals surface area contributed by atoms with Crippen molar-refractivity contribution in [1.82, 2.24) is 0 Å². The van der Waals surface area contributed by atoms with Crippen LogP contribution in [0.25, 0.3) is 22.3 Å². The molecule has 2 aromatic carbocycles. The second-order valence-electron chi connectivity index (χ2n) is 4.67. The molecule has 102 valence electrons. The van der Waals surface area contributed by atoms with E-state index in [-0.39, 0.29) is 5.91 Å². The number of nitrogens with two attached hydrogens (primary N) is 1. The molecule has 3 N–H and O–H groups in total. The molecule has 5 heteroatoms. The van der Waals surface area contributed by atoms with Gasteiger partial charge in [-0.25, -0.2) is 0 Å². The lowest BCUT2D eigenvalue weighted by atomic mass is 10.0. The van der Waals surface area contributed by atoms with E-state index in [2.05, 4.69) is 5.32 Å². The smallest absolute Gasteiger partial charge is 0.221 e. The molecule has 0 spiro atoms. The molecule has 0 heterocycles. The lowest BCUT2D eigenvalue weighted by Gasteiger charge is -2.14. The third-order valence-electron chi connectivity index (χ3n) is 3.39. The number of hydrogen-bond donors (Lipinski definition) is 2. The molecule has 0 unspecified atom stereocenters. The number of nitrogen functional groups attached to an aromatic ring is 1. The summed E-state index contributed by atoms with van der Waals surface area (Å²) < 4.78 is 5.41. The van der Waals surface area contributed by atoms with Gasteiger partial charge in [-0.05, 0) is 18.2 Å².